The fourth-order valence-corrected chi connectivity index (χ4v) is 6.22. The highest BCUT2D eigenvalue weighted by molar-refractivity contribution is 7.12. The highest BCUT2D eigenvalue weighted by Crippen LogP contribution is 2.48. The third-order valence-electron chi connectivity index (χ3n) is 5.86. The van der Waals surface area contributed by atoms with E-state index in [4.69, 9.17) is 0 Å². The van der Waals surface area contributed by atoms with Gasteiger partial charge in [-0.2, -0.15) is 0 Å². The highest BCUT2D eigenvalue weighted by Gasteiger charge is 2.37. The number of carboxylic acids is 1. The fourth-order valence-electron chi connectivity index (χ4n) is 4.68. The summed E-state index contributed by atoms with van der Waals surface area (Å²) in [5.74, 6) is 0.334. The first kappa shape index (κ1) is 17.9. The molecule has 0 aliphatic heterocycles. The van der Waals surface area contributed by atoms with Gasteiger partial charge in [0.2, 0.25) is 0 Å². The Balaban J connectivity index is 2.00. The van der Waals surface area contributed by atoms with E-state index >= 15 is 0 Å². The zero-order valence-electron chi connectivity index (χ0n) is 15.5. The molecule has 0 saturated heterocycles. The summed E-state index contributed by atoms with van der Waals surface area (Å²) in [4.78, 5) is 16.9. The van der Waals surface area contributed by atoms with E-state index in [1.807, 2.05) is 11.3 Å². The van der Waals surface area contributed by atoms with Gasteiger partial charge in [-0.1, -0.05) is 26.7 Å². The number of carboxylic acid groups (broad SMARTS) is 1. The normalized spacial score (nSPS) is 26.4. The van der Waals surface area contributed by atoms with Crippen LogP contribution in [0.4, 0.5) is 0 Å². The maximum Gasteiger partial charge on any atom is 0.337 e. The van der Waals surface area contributed by atoms with Crippen molar-refractivity contribution in [2.45, 2.75) is 64.7 Å². The zero-order valence-corrected chi connectivity index (χ0v) is 16.3. The molecule has 1 N–H and O–H groups in total. The average molecular weight is 350 g/mol. The lowest BCUT2D eigenvalue weighted by Crippen LogP contribution is -2.29. The van der Waals surface area contributed by atoms with Crippen molar-refractivity contribution in [3.05, 3.63) is 20.9 Å². The van der Waals surface area contributed by atoms with E-state index in [-0.39, 0.29) is 5.41 Å². The second kappa shape index (κ2) is 6.80. The van der Waals surface area contributed by atoms with Gasteiger partial charge >= 0.3 is 5.97 Å². The predicted octanol–water partition coefficient (Wildman–Crippen LogP) is 4.80. The molecule has 3 nitrogen and oxygen atoms in total. The van der Waals surface area contributed by atoms with Crippen LogP contribution in [0.25, 0.3) is 0 Å². The van der Waals surface area contributed by atoms with Gasteiger partial charge in [-0.25, -0.2) is 4.79 Å². The van der Waals surface area contributed by atoms with Crippen LogP contribution in [0.2, 0.25) is 0 Å². The van der Waals surface area contributed by atoms with Crippen molar-refractivity contribution in [1.82, 2.24) is 4.90 Å². The Morgan fingerprint density at radius 2 is 2.00 bits per heavy atom. The second-order valence-corrected chi connectivity index (χ2v) is 9.94. The minimum atomic E-state index is -0.700. The molecule has 0 spiro atoms. The molecule has 0 unspecified atom stereocenters. The molecule has 1 saturated carbocycles. The largest absolute Gasteiger partial charge is 0.478 e. The number of thiophene rings is 1. The van der Waals surface area contributed by atoms with Gasteiger partial charge in [-0.15, -0.1) is 11.3 Å². The molecule has 1 aromatic heterocycles. The molecule has 0 amide bonds. The van der Waals surface area contributed by atoms with E-state index in [0.717, 1.165) is 31.4 Å². The summed E-state index contributed by atoms with van der Waals surface area (Å²) in [6, 6.07) is 0. The molecule has 3 rings (SSSR count). The summed E-state index contributed by atoms with van der Waals surface area (Å²) in [5, 5.41) is 9.98. The number of aryl methyl sites for hydroxylation is 1. The molecule has 2 aliphatic rings. The Morgan fingerprint density at radius 3 is 2.67 bits per heavy atom. The van der Waals surface area contributed by atoms with Gasteiger partial charge in [0, 0.05) is 16.3 Å². The van der Waals surface area contributed by atoms with E-state index in [9.17, 15) is 9.90 Å². The summed E-state index contributed by atoms with van der Waals surface area (Å²) in [6.07, 6.45) is 8.06. The van der Waals surface area contributed by atoms with Gasteiger partial charge in [-0.05, 0) is 69.0 Å². The van der Waals surface area contributed by atoms with E-state index in [1.54, 1.807) is 0 Å². The predicted molar refractivity (Wildman–Crippen MR) is 100 cm³/mol. The zero-order chi connectivity index (χ0) is 17.5. The lowest BCUT2D eigenvalue weighted by molar-refractivity contribution is 0.0692. The molecular formula is C20H31NO2S. The standard InChI is InChI=1S/C20H31NO2S/c1-20(2)10-9-16-15(11-20)17(19(22)23)18(24-16)14-8-6-5-7-13(14)12-21(3)4/h13-14H,5-12H2,1-4H3,(H,22,23)/t13-,14+/m1/s1. The first-order valence-corrected chi connectivity index (χ1v) is 10.1. The topological polar surface area (TPSA) is 40.5 Å². The van der Waals surface area contributed by atoms with Crippen LogP contribution in [-0.4, -0.2) is 36.6 Å². The molecule has 4 heteroatoms. The van der Waals surface area contributed by atoms with Crippen LogP contribution in [0.1, 0.15) is 77.5 Å². The number of hydrogen-bond donors (Lipinski definition) is 1. The summed E-state index contributed by atoms with van der Waals surface area (Å²) >= 11 is 1.83. The van der Waals surface area contributed by atoms with E-state index in [1.165, 1.54) is 35.4 Å². The smallest absolute Gasteiger partial charge is 0.337 e. The van der Waals surface area contributed by atoms with Crippen LogP contribution in [0.3, 0.4) is 0 Å². The molecule has 134 valence electrons. The van der Waals surface area contributed by atoms with E-state index in [0.29, 0.717) is 17.4 Å². The molecule has 2 aliphatic carbocycles. The maximum absolute atomic E-state index is 12.1. The van der Waals surface area contributed by atoms with Gasteiger partial charge < -0.3 is 10.0 Å². The lowest BCUT2D eigenvalue weighted by Gasteiger charge is -2.33. The number of carbonyl (C=O) groups is 1. The molecular weight excluding hydrogens is 318 g/mol. The summed E-state index contributed by atoms with van der Waals surface area (Å²) < 4.78 is 0. The molecule has 1 heterocycles. The number of rotatable bonds is 4. The molecule has 0 bridgehead atoms. The van der Waals surface area contributed by atoms with Crippen molar-refractivity contribution in [3.63, 3.8) is 0 Å². The number of aromatic carboxylic acids is 1. The van der Waals surface area contributed by atoms with Crippen molar-refractivity contribution in [1.29, 1.82) is 0 Å². The molecule has 24 heavy (non-hydrogen) atoms. The summed E-state index contributed by atoms with van der Waals surface area (Å²) in [6.45, 7) is 5.61. The highest BCUT2D eigenvalue weighted by atomic mass is 32.1. The van der Waals surface area contributed by atoms with Gasteiger partial charge in [-0.3, -0.25) is 0 Å². The molecule has 0 radical (unpaired) electrons. The fraction of sp³-hybridized carbons (Fsp3) is 0.750. The quantitative estimate of drug-likeness (QED) is 0.849. The minimum Gasteiger partial charge on any atom is -0.478 e. The van der Waals surface area contributed by atoms with Crippen LogP contribution in [0, 0.1) is 11.3 Å². The van der Waals surface area contributed by atoms with Crippen LogP contribution < -0.4 is 0 Å². The van der Waals surface area contributed by atoms with Crippen molar-refractivity contribution >= 4 is 17.3 Å². The van der Waals surface area contributed by atoms with Crippen molar-refractivity contribution in [2.75, 3.05) is 20.6 Å². The lowest BCUT2D eigenvalue weighted by atomic mass is 9.73. The molecule has 2 atom stereocenters. The Morgan fingerprint density at radius 1 is 1.29 bits per heavy atom. The van der Waals surface area contributed by atoms with Crippen LogP contribution in [-0.2, 0) is 12.8 Å². The number of hydrogen-bond acceptors (Lipinski definition) is 3. The Bertz CT molecular complexity index is 617. The Labute approximate surface area is 150 Å². The van der Waals surface area contributed by atoms with Crippen LogP contribution in [0.5, 0.6) is 0 Å². The average Bonchev–Trinajstić information content (AvgIpc) is 2.84. The van der Waals surface area contributed by atoms with Gasteiger partial charge in [0.25, 0.3) is 0 Å². The Hall–Kier alpha value is -0.870. The van der Waals surface area contributed by atoms with E-state index in [2.05, 4.69) is 32.8 Å². The summed E-state index contributed by atoms with van der Waals surface area (Å²) in [5.41, 5.74) is 2.07. The summed E-state index contributed by atoms with van der Waals surface area (Å²) in [7, 11) is 4.26. The van der Waals surface area contributed by atoms with Gasteiger partial charge in [0.05, 0.1) is 5.56 Å². The molecule has 1 aromatic rings. The van der Waals surface area contributed by atoms with Crippen LogP contribution >= 0.6 is 11.3 Å². The maximum atomic E-state index is 12.1. The third kappa shape index (κ3) is 3.55. The number of nitrogens with zero attached hydrogens (tertiary/aromatic N) is 1. The second-order valence-electron chi connectivity index (χ2n) is 8.80. The molecule has 1 fully saturated rings. The minimum absolute atomic E-state index is 0.227. The Kier molecular flexibility index (Phi) is 5.08. The van der Waals surface area contributed by atoms with Crippen molar-refractivity contribution < 1.29 is 9.90 Å². The SMILES string of the molecule is CN(C)C[C@H]1CCCC[C@@H]1c1sc2c(c1C(=O)O)CC(C)(C)CC2. The van der Waals surface area contributed by atoms with Gasteiger partial charge in [0.15, 0.2) is 0 Å². The molecule has 0 aromatic carbocycles. The van der Waals surface area contributed by atoms with Gasteiger partial charge in [0.1, 0.15) is 0 Å². The third-order valence-corrected chi connectivity index (χ3v) is 7.29. The van der Waals surface area contributed by atoms with Crippen molar-refractivity contribution in [2.24, 2.45) is 11.3 Å². The van der Waals surface area contributed by atoms with Crippen LogP contribution in [0.15, 0.2) is 0 Å². The monoisotopic (exact) mass is 349 g/mol. The van der Waals surface area contributed by atoms with Crippen molar-refractivity contribution in [3.8, 4) is 0 Å². The number of fused-ring (bicyclic) bond motifs is 1. The first-order valence-electron chi connectivity index (χ1n) is 9.31. The van der Waals surface area contributed by atoms with E-state index < -0.39 is 5.97 Å². The first-order chi connectivity index (χ1) is 11.3.